The summed E-state index contributed by atoms with van der Waals surface area (Å²) in [5, 5.41) is 2.96. The Morgan fingerprint density at radius 2 is 1.65 bits per heavy atom. The van der Waals surface area contributed by atoms with Crippen molar-refractivity contribution < 1.29 is 28.6 Å². The molecule has 0 aliphatic rings. The van der Waals surface area contributed by atoms with Crippen LogP contribution < -0.4 is 10.1 Å². The second kappa shape index (κ2) is 12.7. The average molecular weight is 471 g/mol. The minimum atomic E-state index is -1.07. The molecule has 0 radical (unpaired) electrons. The van der Waals surface area contributed by atoms with Crippen molar-refractivity contribution in [1.82, 2.24) is 10.2 Å². The van der Waals surface area contributed by atoms with Crippen LogP contribution in [0.3, 0.4) is 0 Å². The van der Waals surface area contributed by atoms with E-state index in [1.807, 2.05) is 42.5 Å². The number of methoxy groups -OCH3 is 1. The molecule has 2 rings (SSSR count). The van der Waals surface area contributed by atoms with Crippen LogP contribution in [0.15, 0.2) is 54.6 Å². The number of amides is 1. The van der Waals surface area contributed by atoms with Crippen LogP contribution in [0.1, 0.15) is 38.8 Å². The summed E-state index contributed by atoms with van der Waals surface area (Å²) in [6, 6.07) is 15.7. The smallest absolute Gasteiger partial charge is 0.411 e. The highest BCUT2D eigenvalue weighted by atomic mass is 16.6. The average Bonchev–Trinajstić information content (AvgIpc) is 2.78. The Labute approximate surface area is 201 Å². The van der Waals surface area contributed by atoms with Crippen LogP contribution in [0.25, 0.3) is 0 Å². The van der Waals surface area contributed by atoms with Crippen molar-refractivity contribution in [3.8, 4) is 5.75 Å². The lowest BCUT2D eigenvalue weighted by Crippen LogP contribution is -2.49. The molecule has 0 aliphatic carbocycles. The largest absolute Gasteiger partial charge is 0.496 e. The Morgan fingerprint density at radius 3 is 2.26 bits per heavy atom. The van der Waals surface area contributed by atoms with Crippen LogP contribution in [-0.4, -0.2) is 54.8 Å². The molecule has 2 aromatic carbocycles. The Hall–Kier alpha value is -3.39. The van der Waals surface area contributed by atoms with Gasteiger partial charge in [-0.3, -0.25) is 9.69 Å². The molecule has 2 aromatic rings. The number of esters is 2. The number of hydrogen-bond acceptors (Lipinski definition) is 7. The van der Waals surface area contributed by atoms with E-state index >= 15 is 0 Å². The van der Waals surface area contributed by atoms with E-state index in [0.717, 1.165) is 5.56 Å². The molecule has 8 nitrogen and oxygen atoms in total. The molecule has 34 heavy (non-hydrogen) atoms. The normalized spacial score (nSPS) is 11.9. The number of carbonyl (C=O) groups excluding carboxylic acids is 3. The van der Waals surface area contributed by atoms with Crippen molar-refractivity contribution in [1.29, 1.82) is 0 Å². The van der Waals surface area contributed by atoms with E-state index < -0.39 is 29.7 Å². The van der Waals surface area contributed by atoms with Gasteiger partial charge in [-0.05, 0) is 44.9 Å². The van der Waals surface area contributed by atoms with Crippen molar-refractivity contribution in [2.45, 2.75) is 52.3 Å². The molecule has 184 valence electrons. The van der Waals surface area contributed by atoms with Crippen LogP contribution >= 0.6 is 0 Å². The summed E-state index contributed by atoms with van der Waals surface area (Å²) < 4.78 is 16.0. The zero-order valence-corrected chi connectivity index (χ0v) is 20.5. The number of nitrogens with zero attached hydrogens (tertiary/aromatic N) is 1. The van der Waals surface area contributed by atoms with Gasteiger partial charge < -0.3 is 19.5 Å². The van der Waals surface area contributed by atoms with E-state index in [2.05, 4.69) is 5.32 Å². The van der Waals surface area contributed by atoms with Crippen LogP contribution in [0.5, 0.6) is 5.75 Å². The summed E-state index contributed by atoms with van der Waals surface area (Å²) in [7, 11) is 1.53. The first-order valence-corrected chi connectivity index (χ1v) is 11.2. The highest BCUT2D eigenvalue weighted by molar-refractivity contribution is 5.91. The lowest BCUT2D eigenvalue weighted by molar-refractivity contribution is -0.162. The maximum absolute atomic E-state index is 13.1. The third-order valence-electron chi connectivity index (χ3n) is 4.88. The number of rotatable bonds is 10. The molecular weight excluding hydrogens is 436 g/mol. The fraction of sp³-hybridized carbons (Fsp3) is 0.423. The predicted octanol–water partition coefficient (Wildman–Crippen LogP) is 3.72. The summed E-state index contributed by atoms with van der Waals surface area (Å²) in [4.78, 5) is 39.6. The van der Waals surface area contributed by atoms with E-state index in [9.17, 15) is 14.4 Å². The van der Waals surface area contributed by atoms with Gasteiger partial charge in [-0.2, -0.15) is 0 Å². The Kier molecular flexibility index (Phi) is 10.1. The SMILES string of the molecule is CCN(C(=O)OC(C)(C)C)[C@@H](Cc1ccccc1OC)C(=O)OC(=O)CNCc1ccccc1. The first-order valence-electron chi connectivity index (χ1n) is 11.2. The van der Waals surface area contributed by atoms with Crippen LogP contribution in [0, 0.1) is 0 Å². The van der Waals surface area contributed by atoms with E-state index in [1.54, 1.807) is 39.8 Å². The monoisotopic (exact) mass is 470 g/mol. The van der Waals surface area contributed by atoms with Gasteiger partial charge in [0.2, 0.25) is 0 Å². The van der Waals surface area contributed by atoms with Gasteiger partial charge in [-0.25, -0.2) is 9.59 Å². The maximum atomic E-state index is 13.1. The van der Waals surface area contributed by atoms with E-state index in [4.69, 9.17) is 14.2 Å². The lowest BCUT2D eigenvalue weighted by Gasteiger charge is -2.31. The minimum Gasteiger partial charge on any atom is -0.496 e. The van der Waals surface area contributed by atoms with Crippen LogP contribution in [0.2, 0.25) is 0 Å². The first-order chi connectivity index (χ1) is 16.1. The topological polar surface area (TPSA) is 94.2 Å². The molecule has 1 amide bonds. The van der Waals surface area contributed by atoms with Gasteiger partial charge in [-0.1, -0.05) is 48.5 Å². The lowest BCUT2D eigenvalue weighted by atomic mass is 10.0. The molecule has 0 aliphatic heterocycles. The van der Waals surface area contributed by atoms with Crippen molar-refractivity contribution >= 4 is 18.0 Å². The Morgan fingerprint density at radius 1 is 1.00 bits per heavy atom. The molecule has 0 aromatic heterocycles. The first kappa shape index (κ1) is 26.9. The van der Waals surface area contributed by atoms with E-state index in [1.165, 1.54) is 12.0 Å². The van der Waals surface area contributed by atoms with Gasteiger partial charge in [0, 0.05) is 19.5 Å². The van der Waals surface area contributed by atoms with Gasteiger partial charge in [-0.15, -0.1) is 0 Å². The van der Waals surface area contributed by atoms with Gasteiger partial charge in [0.05, 0.1) is 13.7 Å². The highest BCUT2D eigenvalue weighted by Gasteiger charge is 2.35. The van der Waals surface area contributed by atoms with Crippen LogP contribution in [-0.2, 0) is 32.0 Å². The van der Waals surface area contributed by atoms with Gasteiger partial charge in [0.25, 0.3) is 0 Å². The summed E-state index contributed by atoms with van der Waals surface area (Å²) >= 11 is 0. The molecule has 0 heterocycles. The van der Waals surface area contributed by atoms with Gasteiger partial charge in [0.1, 0.15) is 17.4 Å². The second-order valence-electron chi connectivity index (χ2n) is 8.68. The summed E-state index contributed by atoms with van der Waals surface area (Å²) in [6.07, 6.45) is -0.567. The number of benzene rings is 2. The summed E-state index contributed by atoms with van der Waals surface area (Å²) in [6.45, 7) is 7.45. The van der Waals surface area contributed by atoms with Gasteiger partial charge >= 0.3 is 18.0 Å². The molecule has 0 saturated carbocycles. The number of likely N-dealkylation sites (N-methyl/N-ethyl adjacent to an activating group) is 1. The summed E-state index contributed by atoms with van der Waals surface area (Å²) in [5.41, 5.74) is 0.946. The number of nitrogens with one attached hydrogen (secondary N) is 1. The zero-order chi connectivity index (χ0) is 25.1. The predicted molar refractivity (Wildman–Crippen MR) is 128 cm³/mol. The summed E-state index contributed by atoms with van der Waals surface area (Å²) in [5.74, 6) is -0.993. The standard InChI is InChI=1S/C26H34N2O6/c1-6-28(25(31)34-26(2,3)4)21(16-20-14-10-11-15-22(20)32-5)24(30)33-23(29)18-27-17-19-12-8-7-9-13-19/h7-15,21,27H,6,16-18H2,1-5H3/t21-/m0/s1. The number of carbonyl (C=O) groups is 3. The van der Waals surface area contributed by atoms with Crippen molar-refractivity contribution in [2.75, 3.05) is 20.2 Å². The van der Waals surface area contributed by atoms with Crippen molar-refractivity contribution in [3.05, 3.63) is 65.7 Å². The molecule has 0 fully saturated rings. The van der Waals surface area contributed by atoms with Crippen molar-refractivity contribution in [3.63, 3.8) is 0 Å². The number of ether oxygens (including phenoxy) is 3. The number of para-hydroxylation sites is 1. The van der Waals surface area contributed by atoms with E-state index in [-0.39, 0.29) is 19.5 Å². The molecule has 0 bridgehead atoms. The molecule has 0 spiro atoms. The molecule has 1 N–H and O–H groups in total. The Balaban J connectivity index is 2.15. The van der Waals surface area contributed by atoms with Gasteiger partial charge in [0.15, 0.2) is 0 Å². The molecule has 8 heteroatoms. The third-order valence-corrected chi connectivity index (χ3v) is 4.88. The molecule has 0 saturated heterocycles. The minimum absolute atomic E-state index is 0.0979. The number of hydrogen-bond donors (Lipinski definition) is 1. The van der Waals surface area contributed by atoms with E-state index in [0.29, 0.717) is 17.9 Å². The third kappa shape index (κ3) is 8.51. The Bertz CT molecular complexity index is 955. The highest BCUT2D eigenvalue weighted by Crippen LogP contribution is 2.22. The van der Waals surface area contributed by atoms with Crippen LogP contribution in [0.4, 0.5) is 4.79 Å². The van der Waals surface area contributed by atoms with Crippen molar-refractivity contribution in [2.24, 2.45) is 0 Å². The maximum Gasteiger partial charge on any atom is 0.411 e. The fourth-order valence-electron chi connectivity index (χ4n) is 3.32. The molecule has 1 atom stereocenters. The quantitative estimate of drug-likeness (QED) is 0.418. The molecule has 0 unspecified atom stereocenters. The fourth-order valence-corrected chi connectivity index (χ4v) is 3.32. The second-order valence-corrected chi connectivity index (χ2v) is 8.68. The molecular formula is C26H34N2O6. The zero-order valence-electron chi connectivity index (χ0n) is 20.5.